The lowest BCUT2D eigenvalue weighted by Gasteiger charge is -2.19. The van der Waals surface area contributed by atoms with Crippen LogP contribution in [-0.2, 0) is 4.74 Å². The summed E-state index contributed by atoms with van der Waals surface area (Å²) >= 11 is 1.50. The average molecular weight is 281 g/mol. The van der Waals surface area contributed by atoms with Crippen LogP contribution in [0.15, 0.2) is 17.8 Å². The van der Waals surface area contributed by atoms with Crippen molar-refractivity contribution in [3.8, 4) is 0 Å². The van der Waals surface area contributed by atoms with Gasteiger partial charge in [-0.1, -0.05) is 13.8 Å². The second-order valence-electron chi connectivity index (χ2n) is 4.52. The van der Waals surface area contributed by atoms with Crippen molar-refractivity contribution in [3.63, 3.8) is 0 Å². The first-order chi connectivity index (χ1) is 8.94. The molecule has 0 aliphatic carbocycles. The van der Waals surface area contributed by atoms with Crippen LogP contribution in [0.25, 0.3) is 10.2 Å². The lowest BCUT2D eigenvalue weighted by atomic mass is 10.2. The van der Waals surface area contributed by atoms with Gasteiger partial charge in [0.15, 0.2) is 0 Å². The Morgan fingerprint density at radius 1 is 1.32 bits per heavy atom. The lowest BCUT2D eigenvalue weighted by Crippen LogP contribution is -2.27. The molecule has 19 heavy (non-hydrogen) atoms. The molecule has 1 amide bonds. The van der Waals surface area contributed by atoms with E-state index < -0.39 is 11.7 Å². The molecule has 2 aromatic heterocycles. The van der Waals surface area contributed by atoms with Crippen LogP contribution in [0.3, 0.4) is 0 Å². The molecule has 2 aromatic rings. The highest BCUT2D eigenvalue weighted by Crippen LogP contribution is 2.19. The first kappa shape index (κ1) is 15.4. The number of pyridine rings is 1. The molecule has 0 aromatic carbocycles. The number of anilines is 1. The van der Waals surface area contributed by atoms with Crippen molar-refractivity contribution in [2.45, 2.75) is 40.2 Å². The fourth-order valence-corrected chi connectivity index (χ4v) is 1.92. The van der Waals surface area contributed by atoms with Gasteiger partial charge in [0.25, 0.3) is 0 Å². The van der Waals surface area contributed by atoms with Crippen LogP contribution in [0.2, 0.25) is 0 Å². The summed E-state index contributed by atoms with van der Waals surface area (Å²) in [6, 6.07) is 1.77. The van der Waals surface area contributed by atoms with Crippen molar-refractivity contribution in [2.24, 2.45) is 0 Å². The van der Waals surface area contributed by atoms with Gasteiger partial charge in [-0.05, 0) is 20.8 Å². The Bertz CT molecular complexity index is 546. The van der Waals surface area contributed by atoms with Gasteiger partial charge < -0.3 is 4.74 Å². The molecule has 0 spiro atoms. The molecule has 2 heterocycles. The number of aromatic nitrogens is 2. The van der Waals surface area contributed by atoms with Gasteiger partial charge in [0.1, 0.15) is 11.4 Å². The number of thiazole rings is 1. The molecule has 0 radical (unpaired) electrons. The van der Waals surface area contributed by atoms with Crippen molar-refractivity contribution in [3.05, 3.63) is 17.8 Å². The van der Waals surface area contributed by atoms with E-state index in [9.17, 15) is 4.79 Å². The highest BCUT2D eigenvalue weighted by molar-refractivity contribution is 7.16. The van der Waals surface area contributed by atoms with E-state index in [0.29, 0.717) is 5.82 Å². The number of ether oxygens (including phenoxy) is 1. The molecule has 0 atom stereocenters. The number of nitrogens with zero attached hydrogens (tertiary/aromatic N) is 2. The largest absolute Gasteiger partial charge is 0.444 e. The number of rotatable bonds is 1. The van der Waals surface area contributed by atoms with Gasteiger partial charge in [-0.25, -0.2) is 14.8 Å². The van der Waals surface area contributed by atoms with E-state index in [2.05, 4.69) is 15.3 Å². The molecule has 0 aliphatic rings. The Balaban J connectivity index is 0.000000861. The maximum atomic E-state index is 11.5. The zero-order valence-corrected chi connectivity index (χ0v) is 12.7. The topological polar surface area (TPSA) is 64.1 Å². The van der Waals surface area contributed by atoms with Crippen LogP contribution in [-0.4, -0.2) is 21.7 Å². The highest BCUT2D eigenvalue weighted by Gasteiger charge is 2.16. The number of carbonyl (C=O) groups is 1. The molecule has 0 saturated heterocycles. The van der Waals surface area contributed by atoms with E-state index in [1.54, 1.807) is 17.8 Å². The summed E-state index contributed by atoms with van der Waals surface area (Å²) in [5.41, 5.74) is 2.05. The molecule has 104 valence electrons. The molecule has 2 rings (SSSR count). The van der Waals surface area contributed by atoms with Gasteiger partial charge in [0, 0.05) is 6.07 Å². The summed E-state index contributed by atoms with van der Waals surface area (Å²) in [5, 5.41) is 2.59. The third-order valence-corrected chi connectivity index (χ3v) is 2.64. The summed E-state index contributed by atoms with van der Waals surface area (Å²) in [6.07, 6.45) is 1.12. The Morgan fingerprint density at radius 3 is 2.63 bits per heavy atom. The maximum absolute atomic E-state index is 11.5. The van der Waals surface area contributed by atoms with Gasteiger partial charge >= 0.3 is 6.09 Å². The summed E-state index contributed by atoms with van der Waals surface area (Å²) in [5.74, 6) is 0.469. The Hall–Kier alpha value is -1.69. The zero-order valence-electron chi connectivity index (χ0n) is 11.9. The normalized spacial score (nSPS) is 10.6. The van der Waals surface area contributed by atoms with Crippen LogP contribution in [0.5, 0.6) is 0 Å². The SMILES string of the molecule is CC.CC(C)(C)OC(=O)Nc1cc2scnc2cn1. The molecular weight excluding hydrogens is 262 g/mol. The third-order valence-electron chi connectivity index (χ3n) is 1.85. The second kappa shape index (κ2) is 6.47. The first-order valence-electron chi connectivity index (χ1n) is 6.13. The monoisotopic (exact) mass is 281 g/mol. The fourth-order valence-electron chi connectivity index (χ4n) is 1.24. The van der Waals surface area contributed by atoms with Gasteiger partial charge in [0.2, 0.25) is 0 Å². The summed E-state index contributed by atoms with van der Waals surface area (Å²) in [7, 11) is 0. The minimum absolute atomic E-state index is 0.469. The molecule has 1 N–H and O–H groups in total. The van der Waals surface area contributed by atoms with E-state index in [-0.39, 0.29) is 0 Å². The number of hydrogen-bond acceptors (Lipinski definition) is 5. The quantitative estimate of drug-likeness (QED) is 0.856. The molecule has 0 fully saturated rings. The van der Waals surface area contributed by atoms with E-state index in [0.717, 1.165) is 10.2 Å². The predicted octanol–water partition coefficient (Wildman–Crippen LogP) is 4.06. The van der Waals surface area contributed by atoms with E-state index in [1.165, 1.54) is 11.3 Å². The van der Waals surface area contributed by atoms with E-state index in [1.807, 2.05) is 34.6 Å². The molecule has 0 saturated carbocycles. The van der Waals surface area contributed by atoms with Crippen molar-refractivity contribution in [1.82, 2.24) is 9.97 Å². The van der Waals surface area contributed by atoms with Gasteiger partial charge in [-0.3, -0.25) is 5.32 Å². The van der Waals surface area contributed by atoms with Crippen LogP contribution < -0.4 is 5.32 Å². The minimum Gasteiger partial charge on any atom is -0.444 e. The van der Waals surface area contributed by atoms with Gasteiger partial charge in [-0.2, -0.15) is 0 Å². The van der Waals surface area contributed by atoms with Gasteiger partial charge in [0.05, 0.1) is 21.9 Å². The molecule has 0 bridgehead atoms. The molecule has 0 aliphatic heterocycles. The predicted molar refractivity (Wildman–Crippen MR) is 78.6 cm³/mol. The maximum Gasteiger partial charge on any atom is 0.413 e. The number of nitrogens with one attached hydrogen (secondary N) is 1. The smallest absolute Gasteiger partial charge is 0.413 e. The lowest BCUT2D eigenvalue weighted by molar-refractivity contribution is 0.0635. The third kappa shape index (κ3) is 4.82. The average Bonchev–Trinajstić information content (AvgIpc) is 2.76. The van der Waals surface area contributed by atoms with Crippen LogP contribution in [0.1, 0.15) is 34.6 Å². The number of hydrogen-bond donors (Lipinski definition) is 1. The van der Waals surface area contributed by atoms with E-state index >= 15 is 0 Å². The van der Waals surface area contributed by atoms with Crippen molar-refractivity contribution in [2.75, 3.05) is 5.32 Å². The first-order valence-corrected chi connectivity index (χ1v) is 7.01. The van der Waals surface area contributed by atoms with Crippen molar-refractivity contribution >= 4 is 33.5 Å². The summed E-state index contributed by atoms with van der Waals surface area (Å²) < 4.78 is 6.11. The van der Waals surface area contributed by atoms with Crippen molar-refractivity contribution < 1.29 is 9.53 Å². The van der Waals surface area contributed by atoms with Crippen LogP contribution in [0.4, 0.5) is 10.6 Å². The number of carbonyl (C=O) groups excluding carboxylic acids is 1. The Morgan fingerprint density at radius 2 is 2.00 bits per heavy atom. The standard InChI is InChI=1S/C11H13N3O2S.C2H6/c1-11(2,3)16-10(15)14-9-4-8-7(5-12-9)13-6-17-8;1-2/h4-6H,1-3H3,(H,12,14,15);1-2H3. The molecule has 5 nitrogen and oxygen atoms in total. The molecular formula is C13H19N3O2S. The fraction of sp³-hybridized carbons (Fsp3) is 0.462. The minimum atomic E-state index is -0.515. The number of fused-ring (bicyclic) bond motifs is 1. The second-order valence-corrected chi connectivity index (χ2v) is 5.40. The van der Waals surface area contributed by atoms with E-state index in [4.69, 9.17) is 4.74 Å². The van der Waals surface area contributed by atoms with Crippen LogP contribution in [0, 0.1) is 0 Å². The van der Waals surface area contributed by atoms with Gasteiger partial charge in [-0.15, -0.1) is 11.3 Å². The molecule has 0 unspecified atom stereocenters. The Labute approximate surface area is 117 Å². The van der Waals surface area contributed by atoms with Crippen LogP contribution >= 0.6 is 11.3 Å². The summed E-state index contributed by atoms with van der Waals surface area (Å²) in [4.78, 5) is 19.7. The number of amides is 1. The zero-order chi connectivity index (χ0) is 14.5. The van der Waals surface area contributed by atoms with Crippen molar-refractivity contribution in [1.29, 1.82) is 0 Å². The highest BCUT2D eigenvalue weighted by atomic mass is 32.1. The Kier molecular flexibility index (Phi) is 5.23. The summed E-state index contributed by atoms with van der Waals surface area (Å²) in [6.45, 7) is 9.44. The molecule has 6 heteroatoms.